The Kier molecular flexibility index (Phi) is 6.87. The molecule has 1 aliphatic rings. The maximum absolute atomic E-state index is 5.54. The first-order valence-corrected chi connectivity index (χ1v) is 9.29. The van der Waals surface area contributed by atoms with E-state index in [1.165, 1.54) is 4.88 Å². The number of hydrogen-bond acceptors (Lipinski definition) is 4. The Bertz CT molecular complexity index is 481. The van der Waals surface area contributed by atoms with E-state index in [1.54, 1.807) is 11.3 Å². The van der Waals surface area contributed by atoms with Crippen molar-refractivity contribution in [1.82, 2.24) is 15.5 Å². The van der Waals surface area contributed by atoms with Crippen LogP contribution in [0, 0.1) is 0 Å². The third kappa shape index (κ3) is 4.93. The first-order chi connectivity index (χ1) is 11.1. The minimum Gasteiger partial charge on any atom is -0.381 e. The van der Waals surface area contributed by atoms with E-state index in [0.29, 0.717) is 0 Å². The summed E-state index contributed by atoms with van der Waals surface area (Å²) in [5.74, 6) is 0.890. The van der Waals surface area contributed by atoms with Crippen LogP contribution in [0.4, 0.5) is 0 Å². The van der Waals surface area contributed by atoms with E-state index in [2.05, 4.69) is 61.0 Å². The molecule has 130 valence electrons. The number of rotatable bonds is 6. The van der Waals surface area contributed by atoms with Crippen molar-refractivity contribution in [3.05, 3.63) is 22.4 Å². The second-order valence-corrected chi connectivity index (χ2v) is 7.29. The molecule has 2 heterocycles. The zero-order valence-corrected chi connectivity index (χ0v) is 15.6. The molecule has 2 N–H and O–H groups in total. The van der Waals surface area contributed by atoms with E-state index < -0.39 is 0 Å². The highest BCUT2D eigenvalue weighted by molar-refractivity contribution is 7.10. The highest BCUT2D eigenvalue weighted by Crippen LogP contribution is 2.26. The van der Waals surface area contributed by atoms with Gasteiger partial charge in [0.25, 0.3) is 0 Å². The minimum atomic E-state index is 0.104. The van der Waals surface area contributed by atoms with Crippen LogP contribution in [0.15, 0.2) is 22.5 Å². The lowest BCUT2D eigenvalue weighted by molar-refractivity contribution is -0.00255. The van der Waals surface area contributed by atoms with Gasteiger partial charge in [-0.25, -0.2) is 0 Å². The van der Waals surface area contributed by atoms with Crippen molar-refractivity contribution >= 4 is 17.3 Å². The van der Waals surface area contributed by atoms with Gasteiger partial charge in [-0.3, -0.25) is 4.99 Å². The highest BCUT2D eigenvalue weighted by atomic mass is 32.1. The number of thiophene rings is 1. The number of likely N-dealkylation sites (N-methyl/N-ethyl adjacent to an activating group) is 1. The number of nitrogens with one attached hydrogen (secondary N) is 2. The standard InChI is InChI=1S/C17H30N4OS/c1-5-18-16(20-14(2)15-7-6-12-23-15)19-13-17(21(3)4)8-10-22-11-9-17/h6-7,12,14H,5,8-11,13H2,1-4H3,(H2,18,19,20). The van der Waals surface area contributed by atoms with Crippen LogP contribution in [-0.4, -0.2) is 56.8 Å². The summed E-state index contributed by atoms with van der Waals surface area (Å²) in [5.41, 5.74) is 0.104. The lowest BCUT2D eigenvalue weighted by Crippen LogP contribution is -2.51. The van der Waals surface area contributed by atoms with E-state index in [4.69, 9.17) is 9.73 Å². The molecule has 6 heteroatoms. The summed E-state index contributed by atoms with van der Waals surface area (Å²) in [6.07, 6.45) is 2.06. The second kappa shape index (κ2) is 8.66. The van der Waals surface area contributed by atoms with Gasteiger partial charge in [0.1, 0.15) is 0 Å². The van der Waals surface area contributed by atoms with Gasteiger partial charge in [-0.2, -0.15) is 0 Å². The summed E-state index contributed by atoms with van der Waals surface area (Å²) in [6.45, 7) is 7.57. The number of hydrogen-bond donors (Lipinski definition) is 2. The van der Waals surface area contributed by atoms with E-state index in [0.717, 1.165) is 45.1 Å². The van der Waals surface area contributed by atoms with Crippen molar-refractivity contribution in [3.8, 4) is 0 Å². The third-order valence-electron chi connectivity index (χ3n) is 4.57. The smallest absolute Gasteiger partial charge is 0.191 e. The minimum absolute atomic E-state index is 0.104. The van der Waals surface area contributed by atoms with Gasteiger partial charge in [-0.05, 0) is 52.2 Å². The van der Waals surface area contributed by atoms with Crippen LogP contribution in [0.25, 0.3) is 0 Å². The summed E-state index contributed by atoms with van der Waals surface area (Å²) < 4.78 is 5.54. The van der Waals surface area contributed by atoms with Crippen LogP contribution in [0.1, 0.15) is 37.6 Å². The van der Waals surface area contributed by atoms with Crippen molar-refractivity contribution in [3.63, 3.8) is 0 Å². The molecule has 0 aliphatic carbocycles. The van der Waals surface area contributed by atoms with Gasteiger partial charge in [0.2, 0.25) is 0 Å². The van der Waals surface area contributed by atoms with E-state index >= 15 is 0 Å². The van der Waals surface area contributed by atoms with Gasteiger partial charge in [-0.1, -0.05) is 6.07 Å². The van der Waals surface area contributed by atoms with Gasteiger partial charge < -0.3 is 20.3 Å². The summed E-state index contributed by atoms with van der Waals surface area (Å²) in [4.78, 5) is 8.52. The second-order valence-electron chi connectivity index (χ2n) is 6.31. The molecule has 1 unspecified atom stereocenters. The summed E-state index contributed by atoms with van der Waals surface area (Å²) >= 11 is 1.77. The average molecular weight is 339 g/mol. The molecule has 23 heavy (non-hydrogen) atoms. The number of nitrogens with zero attached hydrogens (tertiary/aromatic N) is 2. The normalized spacial score (nSPS) is 19.6. The average Bonchev–Trinajstić information content (AvgIpc) is 3.08. The summed E-state index contributed by atoms with van der Waals surface area (Å²) in [6, 6.07) is 4.51. The molecule has 0 amide bonds. The molecular weight excluding hydrogens is 308 g/mol. The highest BCUT2D eigenvalue weighted by Gasteiger charge is 2.34. The lowest BCUT2D eigenvalue weighted by atomic mass is 9.89. The Hall–Kier alpha value is -1.11. The fraction of sp³-hybridized carbons (Fsp3) is 0.706. The topological polar surface area (TPSA) is 48.9 Å². The van der Waals surface area contributed by atoms with Gasteiger partial charge in [0.05, 0.1) is 12.6 Å². The van der Waals surface area contributed by atoms with Crippen LogP contribution in [0.2, 0.25) is 0 Å². The predicted octanol–water partition coefficient (Wildman–Crippen LogP) is 2.48. The molecular formula is C17H30N4OS. The number of aliphatic imine (C=N–C) groups is 1. The zero-order chi connectivity index (χ0) is 16.7. The molecule has 5 nitrogen and oxygen atoms in total. The van der Waals surface area contributed by atoms with Gasteiger partial charge in [0.15, 0.2) is 5.96 Å². The number of ether oxygens (including phenoxy) is 1. The Balaban J connectivity index is 2.04. The van der Waals surface area contributed by atoms with Crippen LogP contribution in [0.5, 0.6) is 0 Å². The third-order valence-corrected chi connectivity index (χ3v) is 5.63. The Morgan fingerprint density at radius 1 is 1.43 bits per heavy atom. The molecule has 1 aromatic rings. The molecule has 0 saturated carbocycles. The molecule has 2 rings (SSSR count). The Morgan fingerprint density at radius 3 is 2.74 bits per heavy atom. The predicted molar refractivity (Wildman–Crippen MR) is 98.3 cm³/mol. The first-order valence-electron chi connectivity index (χ1n) is 8.41. The molecule has 0 aromatic carbocycles. The van der Waals surface area contributed by atoms with Crippen molar-refractivity contribution in [2.75, 3.05) is 40.4 Å². The largest absolute Gasteiger partial charge is 0.381 e. The van der Waals surface area contributed by atoms with Crippen molar-refractivity contribution in [2.45, 2.75) is 38.3 Å². The van der Waals surface area contributed by atoms with Gasteiger partial charge in [-0.15, -0.1) is 11.3 Å². The van der Waals surface area contributed by atoms with E-state index in [-0.39, 0.29) is 11.6 Å². The molecule has 0 radical (unpaired) electrons. The summed E-state index contributed by atoms with van der Waals surface area (Å²) in [7, 11) is 4.30. The first kappa shape index (κ1) is 18.2. The van der Waals surface area contributed by atoms with Crippen LogP contribution >= 0.6 is 11.3 Å². The molecule has 1 fully saturated rings. The fourth-order valence-electron chi connectivity index (χ4n) is 2.86. The van der Waals surface area contributed by atoms with Crippen LogP contribution in [-0.2, 0) is 4.74 Å². The monoisotopic (exact) mass is 338 g/mol. The molecule has 1 saturated heterocycles. The molecule has 0 bridgehead atoms. The van der Waals surface area contributed by atoms with Crippen molar-refractivity contribution in [2.24, 2.45) is 4.99 Å². The zero-order valence-electron chi connectivity index (χ0n) is 14.8. The maximum Gasteiger partial charge on any atom is 0.191 e. The quantitative estimate of drug-likeness (QED) is 0.618. The Labute approximate surface area is 144 Å². The molecule has 1 aromatic heterocycles. The molecule has 1 atom stereocenters. The van der Waals surface area contributed by atoms with Gasteiger partial charge >= 0.3 is 0 Å². The van der Waals surface area contributed by atoms with Crippen LogP contribution in [0.3, 0.4) is 0 Å². The maximum atomic E-state index is 5.54. The van der Waals surface area contributed by atoms with Gasteiger partial charge in [0, 0.05) is 30.2 Å². The van der Waals surface area contributed by atoms with Crippen LogP contribution < -0.4 is 10.6 Å². The number of guanidine groups is 1. The Morgan fingerprint density at radius 2 is 2.17 bits per heavy atom. The molecule has 0 spiro atoms. The summed E-state index contributed by atoms with van der Waals surface area (Å²) in [5, 5.41) is 8.99. The SMILES string of the molecule is CCNC(=NCC1(N(C)C)CCOCC1)NC(C)c1cccs1. The fourth-order valence-corrected chi connectivity index (χ4v) is 3.59. The van der Waals surface area contributed by atoms with E-state index in [9.17, 15) is 0 Å². The van der Waals surface area contributed by atoms with Crippen molar-refractivity contribution in [1.29, 1.82) is 0 Å². The molecule has 1 aliphatic heterocycles. The van der Waals surface area contributed by atoms with E-state index in [1.807, 2.05) is 0 Å². The lowest BCUT2D eigenvalue weighted by Gasteiger charge is -2.41. The van der Waals surface area contributed by atoms with Crippen molar-refractivity contribution < 1.29 is 4.74 Å².